The minimum Gasteiger partial charge on any atom is -0.507 e. The van der Waals surface area contributed by atoms with E-state index in [9.17, 15) is 19.5 Å². The fourth-order valence-electron chi connectivity index (χ4n) is 2.48. The van der Waals surface area contributed by atoms with E-state index < -0.39 is 23.6 Å². The highest BCUT2D eigenvalue weighted by Gasteiger charge is 2.36. The molecule has 144 valence electrons. The predicted octanol–water partition coefficient (Wildman–Crippen LogP) is 3.84. The summed E-state index contributed by atoms with van der Waals surface area (Å²) in [5, 5.41) is 11.7. The number of anilines is 1. The molecule has 0 radical (unpaired) electrons. The van der Waals surface area contributed by atoms with Gasteiger partial charge in [0.25, 0.3) is 11.1 Å². The van der Waals surface area contributed by atoms with Crippen LogP contribution in [0.5, 0.6) is 11.5 Å². The molecule has 2 aromatic rings. The number of nitrogens with zero attached hydrogens (tertiary/aromatic N) is 1. The lowest BCUT2D eigenvalue weighted by Crippen LogP contribution is -2.36. The number of ether oxygens (including phenoxy) is 1. The SMILES string of the molecule is COc1ccccc1NC(=O)CN1C(=O)S/C(=C/c2ccc(O)c(Br)c2)C1=O. The van der Waals surface area contributed by atoms with Gasteiger partial charge in [0.15, 0.2) is 0 Å². The Morgan fingerprint density at radius 3 is 2.75 bits per heavy atom. The van der Waals surface area contributed by atoms with Gasteiger partial charge in [0.1, 0.15) is 18.0 Å². The van der Waals surface area contributed by atoms with Crippen molar-refractivity contribution < 1.29 is 24.2 Å². The van der Waals surface area contributed by atoms with Crippen molar-refractivity contribution in [3.63, 3.8) is 0 Å². The normalized spacial score (nSPS) is 15.2. The summed E-state index contributed by atoms with van der Waals surface area (Å²) in [7, 11) is 1.48. The maximum atomic E-state index is 12.5. The third-order valence-electron chi connectivity index (χ3n) is 3.83. The number of thioether (sulfide) groups is 1. The van der Waals surface area contributed by atoms with E-state index in [4.69, 9.17) is 4.74 Å². The van der Waals surface area contributed by atoms with Crippen LogP contribution in [0.25, 0.3) is 6.08 Å². The average Bonchev–Trinajstić information content (AvgIpc) is 2.92. The first-order chi connectivity index (χ1) is 13.4. The van der Waals surface area contributed by atoms with Crippen LogP contribution in [0.4, 0.5) is 10.5 Å². The van der Waals surface area contributed by atoms with Crippen molar-refractivity contribution in [2.45, 2.75) is 0 Å². The maximum Gasteiger partial charge on any atom is 0.294 e. The van der Waals surface area contributed by atoms with Gasteiger partial charge in [0.05, 0.1) is 22.2 Å². The zero-order valence-corrected chi connectivity index (χ0v) is 17.0. The van der Waals surface area contributed by atoms with E-state index in [1.54, 1.807) is 36.4 Å². The average molecular weight is 463 g/mol. The molecule has 9 heteroatoms. The summed E-state index contributed by atoms with van der Waals surface area (Å²) in [5.74, 6) is -0.518. The van der Waals surface area contributed by atoms with Gasteiger partial charge in [-0.1, -0.05) is 18.2 Å². The molecule has 0 aliphatic carbocycles. The van der Waals surface area contributed by atoms with E-state index >= 15 is 0 Å². The molecule has 0 unspecified atom stereocenters. The number of halogens is 1. The number of nitrogens with one attached hydrogen (secondary N) is 1. The van der Waals surface area contributed by atoms with E-state index in [2.05, 4.69) is 21.2 Å². The molecule has 0 atom stereocenters. The Bertz CT molecular complexity index is 992. The fourth-order valence-corrected chi connectivity index (χ4v) is 3.72. The summed E-state index contributed by atoms with van der Waals surface area (Å²) in [5.41, 5.74) is 1.08. The van der Waals surface area contributed by atoms with E-state index in [1.165, 1.54) is 19.3 Å². The van der Waals surface area contributed by atoms with Gasteiger partial charge >= 0.3 is 0 Å². The number of amides is 3. The molecular formula is C19H15BrN2O5S. The zero-order chi connectivity index (χ0) is 20.3. The van der Waals surface area contributed by atoms with E-state index in [-0.39, 0.29) is 10.7 Å². The van der Waals surface area contributed by atoms with Crippen LogP contribution in [0.15, 0.2) is 51.8 Å². The van der Waals surface area contributed by atoms with Crippen LogP contribution in [0.1, 0.15) is 5.56 Å². The van der Waals surface area contributed by atoms with Crippen LogP contribution >= 0.6 is 27.7 Å². The van der Waals surface area contributed by atoms with Crippen LogP contribution in [-0.4, -0.2) is 40.7 Å². The minimum atomic E-state index is -0.547. The summed E-state index contributed by atoms with van der Waals surface area (Å²) in [4.78, 5) is 38.1. The number of benzene rings is 2. The highest BCUT2D eigenvalue weighted by molar-refractivity contribution is 9.10. The second-order valence-electron chi connectivity index (χ2n) is 5.73. The Kier molecular flexibility index (Phi) is 6.05. The molecule has 0 saturated carbocycles. The first-order valence-electron chi connectivity index (χ1n) is 8.06. The van der Waals surface area contributed by atoms with Crippen LogP contribution in [-0.2, 0) is 9.59 Å². The number of carbonyl (C=O) groups excluding carboxylic acids is 3. The lowest BCUT2D eigenvalue weighted by Gasteiger charge is -2.14. The van der Waals surface area contributed by atoms with Crippen molar-refractivity contribution in [2.75, 3.05) is 19.0 Å². The van der Waals surface area contributed by atoms with Gasteiger partial charge in [-0.2, -0.15) is 0 Å². The molecule has 1 saturated heterocycles. The molecule has 0 aromatic heterocycles. The van der Waals surface area contributed by atoms with Gasteiger partial charge < -0.3 is 15.2 Å². The summed E-state index contributed by atoms with van der Waals surface area (Å²) in [6.07, 6.45) is 1.53. The van der Waals surface area contributed by atoms with Crippen molar-refractivity contribution in [3.05, 3.63) is 57.4 Å². The molecule has 2 N–H and O–H groups in total. The van der Waals surface area contributed by atoms with Crippen LogP contribution in [0.3, 0.4) is 0 Å². The van der Waals surface area contributed by atoms with Gasteiger partial charge in [-0.25, -0.2) is 0 Å². The molecule has 1 heterocycles. The Morgan fingerprint density at radius 1 is 1.29 bits per heavy atom. The van der Waals surface area contributed by atoms with Gasteiger partial charge in [-0.05, 0) is 63.6 Å². The second-order valence-corrected chi connectivity index (χ2v) is 7.57. The number of aromatic hydroxyl groups is 1. The lowest BCUT2D eigenvalue weighted by atomic mass is 10.2. The summed E-state index contributed by atoms with van der Waals surface area (Å²) < 4.78 is 5.63. The number of phenols is 1. The van der Waals surface area contributed by atoms with Gasteiger partial charge in [0.2, 0.25) is 5.91 Å². The number of methoxy groups -OCH3 is 1. The van der Waals surface area contributed by atoms with E-state index in [0.717, 1.165) is 16.7 Å². The molecular weight excluding hydrogens is 448 g/mol. The number of hydrogen-bond acceptors (Lipinski definition) is 6. The molecule has 1 fully saturated rings. The molecule has 1 aliphatic rings. The molecule has 2 aromatic carbocycles. The van der Waals surface area contributed by atoms with Gasteiger partial charge in [-0.15, -0.1) is 0 Å². The van der Waals surface area contributed by atoms with E-state index in [1.807, 2.05) is 0 Å². The summed E-state index contributed by atoms with van der Waals surface area (Å²) in [6, 6.07) is 11.6. The second kappa shape index (κ2) is 8.49. The highest BCUT2D eigenvalue weighted by atomic mass is 79.9. The Morgan fingerprint density at radius 2 is 2.04 bits per heavy atom. The number of imide groups is 1. The molecule has 3 amide bonds. The van der Waals surface area contributed by atoms with Gasteiger partial charge in [0, 0.05) is 0 Å². The first kappa shape index (κ1) is 20.0. The Hall–Kier alpha value is -2.78. The van der Waals surface area contributed by atoms with Gasteiger partial charge in [-0.3, -0.25) is 19.3 Å². The molecule has 0 spiro atoms. The molecule has 3 rings (SSSR count). The van der Waals surface area contributed by atoms with Crippen LogP contribution in [0.2, 0.25) is 0 Å². The minimum absolute atomic E-state index is 0.0678. The van der Waals surface area contributed by atoms with Crippen molar-refractivity contribution in [3.8, 4) is 11.5 Å². The summed E-state index contributed by atoms with van der Waals surface area (Å²) in [6.45, 7) is -0.403. The quantitative estimate of drug-likeness (QED) is 0.655. The number of para-hydroxylation sites is 2. The topological polar surface area (TPSA) is 95.9 Å². The van der Waals surface area contributed by atoms with Crippen LogP contribution in [0, 0.1) is 0 Å². The Labute approximate surface area is 173 Å². The molecule has 0 bridgehead atoms. The largest absolute Gasteiger partial charge is 0.507 e. The standard InChI is InChI=1S/C19H15BrN2O5S/c1-27-15-5-3-2-4-13(15)21-17(24)10-22-18(25)16(28-19(22)26)9-11-6-7-14(23)12(20)8-11/h2-9,23H,10H2,1H3,(H,21,24)/b16-9+. The smallest absolute Gasteiger partial charge is 0.294 e. The fraction of sp³-hybridized carbons (Fsp3) is 0.105. The maximum absolute atomic E-state index is 12.5. The number of hydrogen-bond donors (Lipinski definition) is 2. The monoisotopic (exact) mass is 462 g/mol. The van der Waals surface area contributed by atoms with Crippen molar-refractivity contribution in [1.82, 2.24) is 4.90 Å². The highest BCUT2D eigenvalue weighted by Crippen LogP contribution is 2.33. The Balaban J connectivity index is 1.72. The zero-order valence-electron chi connectivity index (χ0n) is 14.6. The van der Waals surface area contributed by atoms with Crippen molar-refractivity contribution >= 4 is 56.5 Å². The number of phenolic OH excluding ortho intramolecular Hbond substituents is 1. The molecule has 28 heavy (non-hydrogen) atoms. The lowest BCUT2D eigenvalue weighted by molar-refractivity contribution is -0.127. The first-order valence-corrected chi connectivity index (χ1v) is 9.66. The third kappa shape index (κ3) is 4.37. The predicted molar refractivity (Wildman–Crippen MR) is 110 cm³/mol. The summed E-state index contributed by atoms with van der Waals surface area (Å²) >= 11 is 3.96. The van der Waals surface area contributed by atoms with Crippen molar-refractivity contribution in [1.29, 1.82) is 0 Å². The third-order valence-corrected chi connectivity index (χ3v) is 5.37. The molecule has 7 nitrogen and oxygen atoms in total. The van der Waals surface area contributed by atoms with Crippen LogP contribution < -0.4 is 10.1 Å². The number of rotatable bonds is 5. The number of carbonyl (C=O) groups is 3. The van der Waals surface area contributed by atoms with Crippen molar-refractivity contribution in [2.24, 2.45) is 0 Å². The molecule has 1 aliphatic heterocycles. The van der Waals surface area contributed by atoms with E-state index in [0.29, 0.717) is 21.5 Å².